The molecule has 8 nitrogen and oxygen atoms in total. The number of likely N-dealkylation sites (tertiary alicyclic amines) is 1. The molecule has 11 heteroatoms. The molecule has 4 aliphatic rings. The lowest BCUT2D eigenvalue weighted by Gasteiger charge is -2.52. The maximum absolute atomic E-state index is 16.0. The van der Waals surface area contributed by atoms with Crippen LogP contribution in [0.5, 0.6) is 0 Å². The summed E-state index contributed by atoms with van der Waals surface area (Å²) in [6, 6.07) is 13.5. The van der Waals surface area contributed by atoms with Crippen LogP contribution in [-0.4, -0.2) is 82.5 Å². The number of anilines is 1. The quantitative estimate of drug-likeness (QED) is 0.316. The number of alkyl halides is 1. The Hall–Kier alpha value is -3.05. The van der Waals surface area contributed by atoms with E-state index in [1.165, 1.54) is 20.1 Å². The van der Waals surface area contributed by atoms with Crippen LogP contribution < -0.4 is 10.2 Å². The van der Waals surface area contributed by atoms with Crippen LogP contribution in [-0.2, 0) is 29.6 Å². The van der Waals surface area contributed by atoms with Gasteiger partial charge in [-0.15, -0.1) is 0 Å². The molecule has 0 radical (unpaired) electrons. The fraction of sp³-hybridized carbons (Fsp3) is 0.611. The number of amides is 1. The van der Waals surface area contributed by atoms with E-state index in [1.807, 2.05) is 11.0 Å². The van der Waals surface area contributed by atoms with Gasteiger partial charge in [0.05, 0.1) is 30.3 Å². The Morgan fingerprint density at radius 1 is 1.02 bits per heavy atom. The first-order chi connectivity index (χ1) is 22.4. The van der Waals surface area contributed by atoms with Crippen molar-refractivity contribution in [2.45, 2.75) is 79.5 Å². The van der Waals surface area contributed by atoms with E-state index >= 15 is 4.39 Å². The highest BCUT2D eigenvalue weighted by Gasteiger charge is 2.53. The number of methoxy groups -OCH3 is 1. The van der Waals surface area contributed by atoms with Crippen molar-refractivity contribution in [3.8, 4) is 0 Å². The van der Waals surface area contributed by atoms with Crippen LogP contribution >= 0.6 is 0 Å². The number of nitrogens with one attached hydrogen (secondary N) is 1. The van der Waals surface area contributed by atoms with Gasteiger partial charge >= 0.3 is 5.97 Å². The van der Waals surface area contributed by atoms with Gasteiger partial charge in [-0.25, -0.2) is 17.2 Å². The Labute approximate surface area is 277 Å². The number of piperidine rings is 1. The van der Waals surface area contributed by atoms with E-state index in [1.54, 1.807) is 36.4 Å². The number of rotatable bonds is 12. The van der Waals surface area contributed by atoms with Crippen molar-refractivity contribution >= 4 is 27.4 Å². The third-order valence-corrected chi connectivity index (χ3v) is 13.5. The van der Waals surface area contributed by atoms with Crippen molar-refractivity contribution < 1.29 is 31.5 Å². The number of esters is 1. The summed E-state index contributed by atoms with van der Waals surface area (Å²) in [6.45, 7) is 3.99. The van der Waals surface area contributed by atoms with Gasteiger partial charge in [-0.1, -0.05) is 18.6 Å². The Balaban J connectivity index is 1.15. The molecule has 6 rings (SSSR count). The lowest BCUT2D eigenvalue weighted by molar-refractivity contribution is -0.142. The summed E-state index contributed by atoms with van der Waals surface area (Å²) in [4.78, 5) is 29.2. The highest BCUT2D eigenvalue weighted by atomic mass is 32.2. The van der Waals surface area contributed by atoms with Gasteiger partial charge in [-0.3, -0.25) is 14.5 Å². The van der Waals surface area contributed by atoms with E-state index in [2.05, 4.69) is 10.2 Å². The molecule has 2 aromatic carbocycles. The third kappa shape index (κ3) is 7.07. The molecule has 1 amide bonds. The van der Waals surface area contributed by atoms with Crippen molar-refractivity contribution in [1.82, 2.24) is 10.2 Å². The molecule has 0 spiro atoms. The highest BCUT2D eigenvalue weighted by molar-refractivity contribution is 7.92. The Morgan fingerprint density at radius 2 is 1.72 bits per heavy atom. The zero-order valence-corrected chi connectivity index (χ0v) is 28.2. The first-order valence-corrected chi connectivity index (χ1v) is 18.6. The van der Waals surface area contributed by atoms with Crippen LogP contribution in [0.3, 0.4) is 0 Å². The molecule has 2 aromatic rings. The Kier molecular flexibility index (Phi) is 9.69. The van der Waals surface area contributed by atoms with Gasteiger partial charge in [0.2, 0.25) is 5.91 Å². The summed E-state index contributed by atoms with van der Waals surface area (Å²) in [5, 5.41) is 2.82. The number of hydrogen-bond donors (Lipinski definition) is 1. The maximum atomic E-state index is 16.0. The molecular weight excluding hydrogens is 624 g/mol. The molecular formula is C36H47F2N3O5S. The fourth-order valence-corrected chi connectivity index (χ4v) is 10.4. The minimum Gasteiger partial charge on any atom is -0.469 e. The van der Waals surface area contributed by atoms with Crippen LogP contribution in [0.25, 0.3) is 0 Å². The number of halogens is 2. The van der Waals surface area contributed by atoms with E-state index in [0.717, 1.165) is 56.2 Å². The minimum absolute atomic E-state index is 0.0464. The van der Waals surface area contributed by atoms with E-state index in [0.29, 0.717) is 31.1 Å². The second kappa shape index (κ2) is 13.5. The average molecular weight is 672 g/mol. The summed E-state index contributed by atoms with van der Waals surface area (Å²) in [5.41, 5.74) is -0.297. The van der Waals surface area contributed by atoms with Gasteiger partial charge in [0, 0.05) is 37.5 Å². The van der Waals surface area contributed by atoms with Gasteiger partial charge in [-0.05, 0) is 111 Å². The van der Waals surface area contributed by atoms with Crippen LogP contribution in [0.1, 0.15) is 63.9 Å². The normalized spacial score (nSPS) is 24.7. The molecule has 4 fully saturated rings. The SMILES string of the molecule is COC(=O)C[C@H]1CCC[C@@H]1[C@](CNC(C)=O)(c1cccc(F)c1)C1CCN(CC2(F)CN(c3ccc(S(=O)(=O)C4CC4)cc3)C2)CC1. The highest BCUT2D eigenvalue weighted by Crippen LogP contribution is 2.53. The summed E-state index contributed by atoms with van der Waals surface area (Å²) in [6.07, 6.45) is 5.93. The second-order valence-electron chi connectivity index (χ2n) is 14.3. The summed E-state index contributed by atoms with van der Waals surface area (Å²) in [5.74, 6) is -0.553. The summed E-state index contributed by atoms with van der Waals surface area (Å²) in [7, 11) is -1.86. The first kappa shape index (κ1) is 33.8. The van der Waals surface area contributed by atoms with Gasteiger partial charge in [0.1, 0.15) is 5.82 Å². The predicted molar refractivity (Wildman–Crippen MR) is 176 cm³/mol. The lowest BCUT2D eigenvalue weighted by Crippen LogP contribution is -2.64. The van der Waals surface area contributed by atoms with Crippen molar-refractivity contribution in [3.63, 3.8) is 0 Å². The van der Waals surface area contributed by atoms with Crippen molar-refractivity contribution in [1.29, 1.82) is 0 Å². The molecule has 3 atom stereocenters. The first-order valence-electron chi connectivity index (χ1n) is 17.0. The summed E-state index contributed by atoms with van der Waals surface area (Å²) >= 11 is 0. The smallest absolute Gasteiger partial charge is 0.305 e. The zero-order valence-electron chi connectivity index (χ0n) is 27.4. The van der Waals surface area contributed by atoms with E-state index in [4.69, 9.17) is 4.74 Å². The molecule has 2 aliphatic carbocycles. The summed E-state index contributed by atoms with van der Waals surface area (Å²) < 4.78 is 61.0. The molecule has 1 N–H and O–H groups in total. The standard InChI is InChI=1S/C36H47F2N3O5S/c1-25(42)39-21-36(28-6-4-7-29(37)20-28,33-8-3-5-26(33)19-34(43)46-2)27-15-17-40(18-16-27)22-35(38)23-41(24-35)30-9-11-31(12-10-30)47(44,45)32-13-14-32/h4,6-7,9-12,20,26-27,32-33H,3,5,8,13-19,21-24H2,1-2H3,(H,39,42)/t26-,33+,36+/m1/s1. The van der Waals surface area contributed by atoms with Crippen LogP contribution in [0.4, 0.5) is 14.5 Å². The fourth-order valence-electron chi connectivity index (χ4n) is 8.78. The lowest BCUT2D eigenvalue weighted by atomic mass is 9.57. The van der Waals surface area contributed by atoms with Crippen LogP contribution in [0.15, 0.2) is 53.4 Å². The van der Waals surface area contributed by atoms with Crippen molar-refractivity contribution in [3.05, 3.63) is 59.9 Å². The molecule has 2 heterocycles. The van der Waals surface area contributed by atoms with Crippen LogP contribution in [0.2, 0.25) is 0 Å². The number of benzene rings is 2. The number of nitrogens with zero attached hydrogens (tertiary/aromatic N) is 2. The van der Waals surface area contributed by atoms with Gasteiger partial charge in [-0.2, -0.15) is 0 Å². The second-order valence-corrected chi connectivity index (χ2v) is 16.6. The molecule has 256 valence electrons. The molecule has 0 aromatic heterocycles. The van der Waals surface area contributed by atoms with Gasteiger partial charge in [0.25, 0.3) is 0 Å². The largest absolute Gasteiger partial charge is 0.469 e. The number of carbonyl (C=O) groups excluding carboxylic acids is 2. The third-order valence-electron chi connectivity index (χ3n) is 11.2. The molecule has 0 unspecified atom stereocenters. The number of carbonyl (C=O) groups is 2. The zero-order chi connectivity index (χ0) is 33.4. The average Bonchev–Trinajstić information content (AvgIpc) is 3.81. The Bertz CT molecular complexity index is 1550. The number of ether oxygens (including phenoxy) is 1. The van der Waals surface area contributed by atoms with Crippen molar-refractivity contribution in [2.24, 2.45) is 17.8 Å². The number of hydrogen-bond acceptors (Lipinski definition) is 7. The predicted octanol–water partition coefficient (Wildman–Crippen LogP) is 5.06. The maximum Gasteiger partial charge on any atom is 0.305 e. The molecule has 2 saturated carbocycles. The number of sulfone groups is 1. The van der Waals surface area contributed by atoms with E-state index < -0.39 is 20.9 Å². The van der Waals surface area contributed by atoms with E-state index in [-0.39, 0.29) is 60.2 Å². The Morgan fingerprint density at radius 3 is 2.34 bits per heavy atom. The molecule has 2 saturated heterocycles. The topological polar surface area (TPSA) is 96.0 Å². The molecule has 47 heavy (non-hydrogen) atoms. The van der Waals surface area contributed by atoms with Gasteiger partial charge in [0.15, 0.2) is 15.5 Å². The monoisotopic (exact) mass is 671 g/mol. The molecule has 0 bridgehead atoms. The minimum atomic E-state index is -3.26. The molecule has 2 aliphatic heterocycles. The van der Waals surface area contributed by atoms with Crippen molar-refractivity contribution in [2.75, 3.05) is 51.3 Å². The van der Waals surface area contributed by atoms with Gasteiger partial charge < -0.3 is 15.0 Å². The van der Waals surface area contributed by atoms with Crippen LogP contribution in [0, 0.1) is 23.6 Å². The van der Waals surface area contributed by atoms with E-state index in [9.17, 15) is 22.4 Å².